The second-order valence-corrected chi connectivity index (χ2v) is 8.44. The molecule has 0 heterocycles. The molecule has 0 saturated heterocycles. The maximum atomic E-state index is 12.8. The Balaban J connectivity index is 1.85. The minimum Gasteiger partial charge on any atom is -0.508 e. The van der Waals surface area contributed by atoms with Gasteiger partial charge in [-0.2, -0.15) is 0 Å². The molecule has 0 atom stereocenters. The van der Waals surface area contributed by atoms with E-state index in [1.165, 1.54) is 5.56 Å². The van der Waals surface area contributed by atoms with Gasteiger partial charge in [-0.25, -0.2) is 0 Å². The minimum atomic E-state index is -0.112. The van der Waals surface area contributed by atoms with Crippen molar-refractivity contribution in [3.05, 3.63) is 92.6 Å². The van der Waals surface area contributed by atoms with Crippen LogP contribution in [0.1, 0.15) is 42.0 Å². The number of carbonyl (C=O) groups is 1. The average Bonchev–Trinajstić information content (AvgIpc) is 2.69. The molecule has 29 heavy (non-hydrogen) atoms. The third-order valence-corrected chi connectivity index (χ3v) is 5.38. The molecule has 1 amide bonds. The molecule has 0 aliphatic heterocycles. The van der Waals surface area contributed by atoms with Gasteiger partial charge in [0.05, 0.1) is 17.8 Å². The monoisotopic (exact) mass is 498 g/mol. The number of aromatic hydroxyl groups is 1. The van der Waals surface area contributed by atoms with Crippen molar-refractivity contribution in [1.29, 1.82) is 5.41 Å². The number of amides is 1. The lowest BCUT2D eigenvalue weighted by Gasteiger charge is -2.15. The molecule has 0 unspecified atom stereocenters. The number of hydrogen-bond donors (Lipinski definition) is 3. The Morgan fingerprint density at radius 3 is 2.45 bits per heavy atom. The van der Waals surface area contributed by atoms with Crippen LogP contribution in [0.3, 0.4) is 0 Å². The van der Waals surface area contributed by atoms with Gasteiger partial charge in [-0.15, -0.1) is 0 Å². The summed E-state index contributed by atoms with van der Waals surface area (Å²) in [5.41, 5.74) is 4.40. The molecule has 0 saturated carbocycles. The number of carbonyl (C=O) groups excluding carboxylic acids is 1. The van der Waals surface area contributed by atoms with Crippen molar-refractivity contribution in [3.63, 3.8) is 0 Å². The van der Waals surface area contributed by atoms with Crippen molar-refractivity contribution in [2.45, 2.75) is 26.2 Å². The molecule has 0 aromatic heterocycles. The van der Waals surface area contributed by atoms with Crippen LogP contribution in [0.5, 0.6) is 5.75 Å². The predicted octanol–water partition coefficient (Wildman–Crippen LogP) is 5.72. The fraction of sp³-hybridized carbons (Fsp3) is 0.167. The molecule has 0 fully saturated rings. The van der Waals surface area contributed by atoms with E-state index in [0.717, 1.165) is 9.13 Å². The molecule has 3 aromatic carbocycles. The zero-order valence-electron chi connectivity index (χ0n) is 16.4. The highest BCUT2D eigenvalue weighted by atomic mass is 127. The van der Waals surface area contributed by atoms with Gasteiger partial charge >= 0.3 is 0 Å². The van der Waals surface area contributed by atoms with E-state index in [-0.39, 0.29) is 18.1 Å². The zero-order valence-corrected chi connectivity index (χ0v) is 18.5. The van der Waals surface area contributed by atoms with E-state index in [2.05, 4.69) is 47.8 Å². The SMILES string of the molecule is CC(C)c1ccccc1CC(=O)Nc1ccc(I)cc1C(=N)c1ccc(O)cc1. The first-order valence-corrected chi connectivity index (χ1v) is 10.5. The fourth-order valence-electron chi connectivity index (χ4n) is 3.24. The Kier molecular flexibility index (Phi) is 6.69. The summed E-state index contributed by atoms with van der Waals surface area (Å²) in [6.07, 6.45) is 0.284. The minimum absolute atomic E-state index is 0.112. The van der Waals surface area contributed by atoms with Gasteiger partial charge in [-0.3, -0.25) is 10.2 Å². The van der Waals surface area contributed by atoms with Crippen LogP contribution in [0.25, 0.3) is 0 Å². The quantitative estimate of drug-likeness (QED) is 0.301. The van der Waals surface area contributed by atoms with Crippen LogP contribution in [0.2, 0.25) is 0 Å². The van der Waals surface area contributed by atoms with Gasteiger partial charge in [0.15, 0.2) is 0 Å². The van der Waals surface area contributed by atoms with Gasteiger partial charge in [0.2, 0.25) is 5.91 Å². The summed E-state index contributed by atoms with van der Waals surface area (Å²) in [5, 5.41) is 21.1. The van der Waals surface area contributed by atoms with Crippen molar-refractivity contribution in [2.75, 3.05) is 5.32 Å². The van der Waals surface area contributed by atoms with Crippen molar-refractivity contribution in [3.8, 4) is 5.75 Å². The van der Waals surface area contributed by atoms with Gasteiger partial charge < -0.3 is 10.4 Å². The maximum Gasteiger partial charge on any atom is 0.228 e. The van der Waals surface area contributed by atoms with E-state index in [0.29, 0.717) is 28.4 Å². The Morgan fingerprint density at radius 2 is 1.76 bits per heavy atom. The van der Waals surface area contributed by atoms with E-state index in [1.54, 1.807) is 24.3 Å². The van der Waals surface area contributed by atoms with Crippen LogP contribution >= 0.6 is 22.6 Å². The lowest BCUT2D eigenvalue weighted by Crippen LogP contribution is -2.18. The van der Waals surface area contributed by atoms with Crippen molar-refractivity contribution >= 4 is 39.9 Å². The lowest BCUT2D eigenvalue weighted by molar-refractivity contribution is -0.115. The Labute approximate surface area is 184 Å². The molecule has 3 rings (SSSR count). The van der Waals surface area contributed by atoms with Crippen LogP contribution in [-0.4, -0.2) is 16.7 Å². The van der Waals surface area contributed by atoms with E-state index in [4.69, 9.17) is 5.41 Å². The number of hydrogen-bond acceptors (Lipinski definition) is 3. The number of nitrogens with one attached hydrogen (secondary N) is 2. The maximum absolute atomic E-state index is 12.8. The number of phenols is 1. The molecule has 148 valence electrons. The standard InChI is InChI=1S/C24H23IN2O2/c1-15(2)20-6-4-3-5-17(20)13-23(29)27-22-12-9-18(25)14-21(22)24(26)16-7-10-19(28)11-8-16/h3-12,14-15,26,28H,13H2,1-2H3,(H,27,29). The molecular weight excluding hydrogens is 475 g/mol. The highest BCUT2D eigenvalue weighted by molar-refractivity contribution is 14.1. The first-order chi connectivity index (χ1) is 13.8. The normalized spacial score (nSPS) is 10.8. The molecule has 4 nitrogen and oxygen atoms in total. The third-order valence-electron chi connectivity index (χ3n) is 4.71. The third kappa shape index (κ3) is 5.23. The Morgan fingerprint density at radius 1 is 1.07 bits per heavy atom. The molecule has 3 aromatic rings. The number of rotatable bonds is 6. The van der Waals surface area contributed by atoms with Gasteiger partial charge in [0.25, 0.3) is 0 Å². The van der Waals surface area contributed by atoms with Crippen molar-refractivity contribution in [2.24, 2.45) is 0 Å². The lowest BCUT2D eigenvalue weighted by atomic mass is 9.95. The van der Waals surface area contributed by atoms with Gasteiger partial charge in [0.1, 0.15) is 5.75 Å². The molecule has 0 radical (unpaired) electrons. The number of halogens is 1. The van der Waals surface area contributed by atoms with E-state index in [1.807, 2.05) is 36.4 Å². The van der Waals surface area contributed by atoms with Gasteiger partial charge in [-0.05, 0) is 82.1 Å². The van der Waals surface area contributed by atoms with E-state index in [9.17, 15) is 9.90 Å². The zero-order chi connectivity index (χ0) is 21.0. The van der Waals surface area contributed by atoms with Gasteiger partial charge in [0, 0.05) is 14.7 Å². The second kappa shape index (κ2) is 9.22. The topological polar surface area (TPSA) is 73.2 Å². The van der Waals surface area contributed by atoms with Crippen LogP contribution in [-0.2, 0) is 11.2 Å². The molecule has 0 aliphatic rings. The summed E-state index contributed by atoms with van der Waals surface area (Å²) in [7, 11) is 0. The number of phenolic OH excluding ortho intramolecular Hbond substituents is 1. The largest absolute Gasteiger partial charge is 0.508 e. The molecule has 0 aliphatic carbocycles. The van der Waals surface area contributed by atoms with Crippen LogP contribution in [0, 0.1) is 8.98 Å². The molecule has 3 N–H and O–H groups in total. The fourth-order valence-corrected chi connectivity index (χ4v) is 3.73. The van der Waals surface area contributed by atoms with E-state index < -0.39 is 0 Å². The van der Waals surface area contributed by atoms with Crippen LogP contribution < -0.4 is 5.32 Å². The summed E-state index contributed by atoms with van der Waals surface area (Å²) < 4.78 is 0.976. The summed E-state index contributed by atoms with van der Waals surface area (Å²) in [4.78, 5) is 12.8. The summed E-state index contributed by atoms with van der Waals surface area (Å²) in [6, 6.07) is 20.1. The number of anilines is 1. The summed E-state index contributed by atoms with van der Waals surface area (Å²) >= 11 is 2.19. The van der Waals surface area contributed by atoms with Crippen molar-refractivity contribution in [1.82, 2.24) is 0 Å². The average molecular weight is 498 g/mol. The highest BCUT2D eigenvalue weighted by Gasteiger charge is 2.15. The molecule has 0 spiro atoms. The highest BCUT2D eigenvalue weighted by Crippen LogP contribution is 2.24. The van der Waals surface area contributed by atoms with Crippen LogP contribution in [0.4, 0.5) is 5.69 Å². The molecule has 5 heteroatoms. The smallest absolute Gasteiger partial charge is 0.228 e. The molecule has 0 bridgehead atoms. The Hall–Kier alpha value is -2.67. The molecular formula is C24H23IN2O2. The second-order valence-electron chi connectivity index (χ2n) is 7.19. The summed E-state index contributed by atoms with van der Waals surface area (Å²) in [6.45, 7) is 4.24. The van der Waals surface area contributed by atoms with Crippen LogP contribution in [0.15, 0.2) is 66.7 Å². The van der Waals surface area contributed by atoms with Crippen molar-refractivity contribution < 1.29 is 9.90 Å². The van der Waals surface area contributed by atoms with E-state index >= 15 is 0 Å². The predicted molar refractivity (Wildman–Crippen MR) is 126 cm³/mol. The summed E-state index contributed by atoms with van der Waals surface area (Å²) in [5.74, 6) is 0.385. The Bertz CT molecular complexity index is 1040. The first-order valence-electron chi connectivity index (χ1n) is 9.40. The first kappa shape index (κ1) is 21.0. The number of benzene rings is 3. The van der Waals surface area contributed by atoms with Gasteiger partial charge in [-0.1, -0.05) is 38.1 Å².